The van der Waals surface area contributed by atoms with Crippen LogP contribution in [0.15, 0.2) is 17.1 Å². The van der Waals surface area contributed by atoms with E-state index in [2.05, 4.69) is 20.6 Å². The van der Waals surface area contributed by atoms with Crippen molar-refractivity contribution >= 4 is 0 Å². The number of hydrogen-bond donors (Lipinski definition) is 1. The van der Waals surface area contributed by atoms with Crippen molar-refractivity contribution in [3.05, 3.63) is 34.3 Å². The molecule has 21 heavy (non-hydrogen) atoms. The molecule has 3 aromatic rings. The summed E-state index contributed by atoms with van der Waals surface area (Å²) in [5.41, 5.74) is -0.510. The number of aromatic amines is 1. The average molecular weight is 296 g/mol. The maximum absolute atomic E-state index is 14.0. The first-order chi connectivity index (χ1) is 10.5. The predicted molar refractivity (Wildman–Crippen MR) is 66.2 cm³/mol. The van der Waals surface area contributed by atoms with Gasteiger partial charge in [0.15, 0.2) is 7.23 Å². The fraction of sp³-hybridized carbons (Fsp3) is 0.300. The van der Waals surface area contributed by atoms with E-state index in [1.807, 2.05) is 0 Å². The summed E-state index contributed by atoms with van der Waals surface area (Å²) in [6.07, 6.45) is 1.36. The highest BCUT2D eigenvalue weighted by molar-refractivity contribution is 5.32. The molecule has 3 rings (SSSR count). The molecular formula is C10H11FN8O2. The zero-order valence-corrected chi connectivity index (χ0v) is 11.1. The molecule has 0 spiro atoms. The third-order valence-electron chi connectivity index (χ3n) is 2.79. The lowest BCUT2D eigenvalue weighted by Gasteiger charge is -2.04. The molecule has 0 fully saturated rings. The van der Waals surface area contributed by atoms with Crippen molar-refractivity contribution in [1.29, 1.82) is 0 Å². The minimum absolute atomic E-state index is 0.0321. The fourth-order valence-electron chi connectivity index (χ4n) is 1.81. The van der Waals surface area contributed by atoms with E-state index in [1.54, 1.807) is 0 Å². The molecule has 3 aromatic heterocycles. The summed E-state index contributed by atoms with van der Waals surface area (Å²) in [7, 11) is 2.90. The van der Waals surface area contributed by atoms with E-state index in [1.165, 1.54) is 31.0 Å². The molecule has 0 amide bonds. The number of hydrogen-bond acceptors (Lipinski definition) is 6. The van der Waals surface area contributed by atoms with E-state index in [4.69, 9.17) is 6.15 Å². The molecule has 0 atom stereocenters. The van der Waals surface area contributed by atoms with Gasteiger partial charge in [-0.15, -0.1) is 14.9 Å². The van der Waals surface area contributed by atoms with Crippen LogP contribution in [0.4, 0.5) is 4.39 Å². The summed E-state index contributed by atoms with van der Waals surface area (Å²) in [6.45, 7) is -0.227. The smallest absolute Gasteiger partial charge is 0.369 e. The number of nitrogens with zero attached hydrogens (tertiary/aromatic N) is 7. The monoisotopic (exact) mass is 296 g/mol. The lowest BCUT2D eigenvalue weighted by molar-refractivity contribution is 0.286. The summed E-state index contributed by atoms with van der Waals surface area (Å²) >= 11 is 0. The van der Waals surface area contributed by atoms with Crippen molar-refractivity contribution in [1.82, 2.24) is 39.8 Å². The van der Waals surface area contributed by atoms with Gasteiger partial charge in [0.2, 0.25) is 11.8 Å². The summed E-state index contributed by atoms with van der Waals surface area (Å²) in [5, 5.41) is 15.4. The first-order valence-corrected chi connectivity index (χ1v) is 5.86. The number of aromatic nitrogens is 8. The van der Waals surface area contributed by atoms with Gasteiger partial charge in [-0.25, -0.2) is 9.48 Å². The highest BCUT2D eigenvalue weighted by atomic mass is 19.1. The number of halogens is 1. The van der Waals surface area contributed by atoms with Crippen LogP contribution in [0, 0.1) is 5.95 Å². The second-order valence-electron chi connectivity index (χ2n) is 4.17. The Labute approximate surface area is 118 Å². The van der Waals surface area contributed by atoms with E-state index in [0.717, 1.165) is 14.5 Å². The molecule has 1 N–H and O–H groups in total. The Balaban J connectivity index is 1.97. The van der Waals surface area contributed by atoms with Crippen LogP contribution in [0.25, 0.3) is 5.82 Å². The number of tetrazole rings is 1. The molecule has 110 valence electrons. The van der Waals surface area contributed by atoms with Crippen LogP contribution in [-0.4, -0.2) is 39.8 Å². The SMILES string of the molecule is [3H]n1ccc(OCc2c(F)nn(C)c2-n2nnn(C)c2=O)n1. The number of nitrogens with one attached hydrogen (secondary N) is 1. The Morgan fingerprint density at radius 3 is 2.86 bits per heavy atom. The minimum atomic E-state index is -0.791. The Morgan fingerprint density at radius 1 is 1.43 bits per heavy atom. The molecule has 0 aliphatic carbocycles. The Kier molecular flexibility index (Phi) is 2.73. The molecule has 3 heterocycles. The summed E-state index contributed by atoms with van der Waals surface area (Å²) in [6, 6.07) is 1.45. The summed E-state index contributed by atoms with van der Waals surface area (Å²) in [5.74, 6) is -0.531. The van der Waals surface area contributed by atoms with Crippen molar-refractivity contribution in [2.45, 2.75) is 6.61 Å². The number of ether oxygens (including phenoxy) is 1. The molecular weight excluding hydrogens is 283 g/mol. The fourth-order valence-corrected chi connectivity index (χ4v) is 1.81. The molecule has 11 heteroatoms. The van der Waals surface area contributed by atoms with E-state index in [-0.39, 0.29) is 23.9 Å². The van der Waals surface area contributed by atoms with Gasteiger partial charge in [-0.2, -0.15) is 9.07 Å². The van der Waals surface area contributed by atoms with E-state index >= 15 is 0 Å². The Bertz CT molecular complexity index is 878. The third-order valence-corrected chi connectivity index (χ3v) is 2.79. The molecule has 0 aromatic carbocycles. The van der Waals surface area contributed by atoms with Crippen LogP contribution in [0.5, 0.6) is 5.88 Å². The number of aryl methyl sites for hydroxylation is 2. The molecule has 0 radical (unpaired) electrons. The van der Waals surface area contributed by atoms with E-state index < -0.39 is 11.6 Å². The number of H-pyrrole nitrogens is 1. The topological polar surface area (TPSA) is 108 Å². The van der Waals surface area contributed by atoms with Gasteiger partial charge in [0, 0.05) is 26.4 Å². The van der Waals surface area contributed by atoms with Crippen molar-refractivity contribution in [2.75, 3.05) is 0 Å². The van der Waals surface area contributed by atoms with Crippen LogP contribution >= 0.6 is 0 Å². The predicted octanol–water partition coefficient (Wildman–Crippen LogP) is -0.859. The van der Waals surface area contributed by atoms with Gasteiger partial charge in [0.1, 0.15) is 6.61 Å². The van der Waals surface area contributed by atoms with Crippen molar-refractivity contribution < 1.29 is 10.5 Å². The highest BCUT2D eigenvalue weighted by Gasteiger charge is 2.22. The normalized spacial score (nSPS) is 11.7. The highest BCUT2D eigenvalue weighted by Crippen LogP contribution is 2.17. The second kappa shape index (κ2) is 4.85. The maximum atomic E-state index is 14.0. The van der Waals surface area contributed by atoms with Crippen LogP contribution in [0.3, 0.4) is 0 Å². The largest absolute Gasteiger partial charge is 0.471 e. The lowest BCUT2D eigenvalue weighted by atomic mass is 10.3. The van der Waals surface area contributed by atoms with Gasteiger partial charge in [-0.3, -0.25) is 5.09 Å². The van der Waals surface area contributed by atoms with Crippen LogP contribution in [0.2, 0.25) is 1.41 Å². The Hall–Kier alpha value is -2.98. The first-order valence-electron chi connectivity index (χ1n) is 6.30. The zero-order valence-electron chi connectivity index (χ0n) is 12.1. The van der Waals surface area contributed by atoms with E-state index in [9.17, 15) is 9.18 Å². The molecule has 0 aliphatic rings. The van der Waals surface area contributed by atoms with Crippen molar-refractivity contribution in [2.24, 2.45) is 14.1 Å². The minimum Gasteiger partial charge on any atom is -0.471 e. The average Bonchev–Trinajstić information content (AvgIpc) is 3.09. The van der Waals surface area contributed by atoms with Crippen molar-refractivity contribution in [3.63, 3.8) is 0 Å². The van der Waals surface area contributed by atoms with Gasteiger partial charge in [0.05, 0.1) is 5.56 Å². The van der Waals surface area contributed by atoms with Gasteiger partial charge in [-0.05, 0) is 10.4 Å². The van der Waals surface area contributed by atoms with Crippen LogP contribution in [0.1, 0.15) is 5.56 Å². The molecule has 0 saturated heterocycles. The van der Waals surface area contributed by atoms with Crippen LogP contribution < -0.4 is 10.4 Å². The molecule has 10 nitrogen and oxygen atoms in total. The van der Waals surface area contributed by atoms with Gasteiger partial charge >= 0.3 is 5.69 Å². The summed E-state index contributed by atoms with van der Waals surface area (Å²) in [4.78, 5) is 11.9. The van der Waals surface area contributed by atoms with Gasteiger partial charge < -0.3 is 4.74 Å². The Morgan fingerprint density at radius 2 is 2.24 bits per heavy atom. The molecule has 0 bridgehead atoms. The van der Waals surface area contributed by atoms with E-state index in [0.29, 0.717) is 0 Å². The quantitative estimate of drug-likeness (QED) is 0.671. The maximum Gasteiger partial charge on any atom is 0.369 e. The first kappa shape index (κ1) is 11.8. The summed E-state index contributed by atoms with van der Waals surface area (Å²) < 4.78 is 29.6. The van der Waals surface area contributed by atoms with Gasteiger partial charge in [0.25, 0.3) is 0 Å². The molecule has 0 aliphatic heterocycles. The molecule has 0 saturated carbocycles. The van der Waals surface area contributed by atoms with Crippen molar-refractivity contribution in [3.8, 4) is 11.7 Å². The zero-order chi connectivity index (χ0) is 15.9. The third kappa shape index (κ3) is 2.17. The standard InChI is InChI=1S/C10H11FN8O2/c1-17-9(19-10(20)18(2)15-16-19)6(8(11)14-17)5-21-7-3-4-12-13-7/h3-4H,5H2,1-2H3,(H,12,13)/i/hT. The molecule has 0 unspecified atom stereocenters. The van der Waals surface area contributed by atoms with Crippen LogP contribution in [-0.2, 0) is 20.7 Å². The second-order valence-corrected chi connectivity index (χ2v) is 4.17. The lowest BCUT2D eigenvalue weighted by Crippen LogP contribution is -2.24. The van der Waals surface area contributed by atoms with Gasteiger partial charge in [-0.1, -0.05) is 0 Å². The number of rotatable bonds is 4.